The van der Waals surface area contributed by atoms with E-state index in [-0.39, 0.29) is 0 Å². The van der Waals surface area contributed by atoms with E-state index in [4.69, 9.17) is 5.73 Å². The summed E-state index contributed by atoms with van der Waals surface area (Å²) in [7, 11) is 0. The Hall–Kier alpha value is -3.42. The molecule has 3 heterocycles. The second kappa shape index (κ2) is 5.34. The molecule has 8 heteroatoms. The van der Waals surface area contributed by atoms with Crippen LogP contribution in [0.2, 0.25) is 0 Å². The molecule has 0 atom stereocenters. The molecule has 8 nitrogen and oxygen atoms in total. The van der Waals surface area contributed by atoms with Crippen LogP contribution in [-0.4, -0.2) is 29.9 Å². The lowest BCUT2D eigenvalue weighted by Gasteiger charge is -2.10. The van der Waals surface area contributed by atoms with E-state index in [9.17, 15) is 0 Å². The molecule has 120 valence electrons. The van der Waals surface area contributed by atoms with Crippen LogP contribution in [0.15, 0.2) is 36.5 Å². The van der Waals surface area contributed by atoms with Crippen molar-refractivity contribution in [2.75, 3.05) is 11.1 Å². The van der Waals surface area contributed by atoms with E-state index >= 15 is 0 Å². The van der Waals surface area contributed by atoms with Gasteiger partial charge in [-0.25, -0.2) is 9.97 Å². The summed E-state index contributed by atoms with van der Waals surface area (Å²) in [6.45, 7) is 3.73. The molecule has 0 radical (unpaired) electrons. The molecule has 0 saturated carbocycles. The van der Waals surface area contributed by atoms with E-state index in [0.717, 1.165) is 28.1 Å². The molecule has 4 N–H and O–H groups in total. The fourth-order valence-corrected chi connectivity index (χ4v) is 2.66. The summed E-state index contributed by atoms with van der Waals surface area (Å²) in [6, 6.07) is 9.58. The smallest absolute Gasteiger partial charge is 0.161 e. The van der Waals surface area contributed by atoms with Crippen molar-refractivity contribution in [3.05, 3.63) is 48.0 Å². The third-order valence-electron chi connectivity index (χ3n) is 3.64. The molecule has 0 saturated heterocycles. The largest absolute Gasteiger partial charge is 0.384 e. The van der Waals surface area contributed by atoms with Crippen LogP contribution in [-0.2, 0) is 0 Å². The summed E-state index contributed by atoms with van der Waals surface area (Å²) in [5, 5.41) is 16.0. The number of nitrogen functional groups attached to an aromatic ring is 1. The van der Waals surface area contributed by atoms with Gasteiger partial charge in [0.25, 0.3) is 0 Å². The Balaban J connectivity index is 1.81. The highest BCUT2D eigenvalue weighted by atomic mass is 15.4. The minimum atomic E-state index is 0.411. The second-order valence-electron chi connectivity index (χ2n) is 5.54. The summed E-state index contributed by atoms with van der Waals surface area (Å²) in [5.74, 6) is 2.42. The van der Waals surface area contributed by atoms with Gasteiger partial charge in [-0.1, -0.05) is 6.07 Å². The molecular formula is C16H16N8. The van der Waals surface area contributed by atoms with Gasteiger partial charge >= 0.3 is 0 Å². The lowest BCUT2D eigenvalue weighted by atomic mass is 10.2. The van der Waals surface area contributed by atoms with Crippen molar-refractivity contribution in [2.45, 2.75) is 13.8 Å². The predicted octanol–water partition coefficient (Wildman–Crippen LogP) is 2.48. The van der Waals surface area contributed by atoms with Crippen molar-refractivity contribution in [1.29, 1.82) is 0 Å². The molecule has 0 aliphatic carbocycles. The summed E-state index contributed by atoms with van der Waals surface area (Å²) in [5.41, 5.74) is 8.60. The predicted molar refractivity (Wildman–Crippen MR) is 92.4 cm³/mol. The molecule has 24 heavy (non-hydrogen) atoms. The molecular weight excluding hydrogens is 304 g/mol. The van der Waals surface area contributed by atoms with Crippen LogP contribution >= 0.6 is 0 Å². The zero-order chi connectivity index (χ0) is 16.7. The number of nitrogens with zero attached hydrogens (tertiary/aromatic N) is 5. The van der Waals surface area contributed by atoms with Crippen LogP contribution in [0.5, 0.6) is 0 Å². The Morgan fingerprint density at radius 3 is 2.88 bits per heavy atom. The average molecular weight is 320 g/mol. The number of hydrogen-bond donors (Lipinski definition) is 3. The van der Waals surface area contributed by atoms with Crippen molar-refractivity contribution in [1.82, 2.24) is 29.9 Å². The first-order chi connectivity index (χ1) is 11.6. The van der Waals surface area contributed by atoms with Gasteiger partial charge < -0.3 is 11.1 Å². The Labute approximate surface area is 137 Å². The Morgan fingerprint density at radius 2 is 2.04 bits per heavy atom. The standard InChI is InChI=1S/C16H16N8/c1-9-6-15(21-12-4-3-5-13-11(12)8-18-22-13)24(23-9)16-7-14(17)19-10(2)20-16/h3-8,21H,1-2H3,(H,18,22)(H2,17,19,20). The van der Waals surface area contributed by atoms with Crippen LogP contribution in [0.1, 0.15) is 11.5 Å². The van der Waals surface area contributed by atoms with E-state index in [0.29, 0.717) is 17.5 Å². The summed E-state index contributed by atoms with van der Waals surface area (Å²) >= 11 is 0. The first-order valence-corrected chi connectivity index (χ1v) is 7.47. The fourth-order valence-electron chi connectivity index (χ4n) is 2.66. The number of nitrogens with two attached hydrogens (primary N) is 1. The van der Waals surface area contributed by atoms with Crippen LogP contribution in [0.3, 0.4) is 0 Å². The van der Waals surface area contributed by atoms with E-state index in [1.165, 1.54) is 0 Å². The van der Waals surface area contributed by atoms with Crippen LogP contribution in [0, 0.1) is 13.8 Å². The lowest BCUT2D eigenvalue weighted by molar-refractivity contribution is 0.824. The van der Waals surface area contributed by atoms with Gasteiger partial charge in [-0.3, -0.25) is 5.10 Å². The number of benzene rings is 1. The number of H-pyrrole nitrogens is 1. The van der Waals surface area contributed by atoms with E-state index in [2.05, 4.69) is 30.6 Å². The molecule has 0 fully saturated rings. The van der Waals surface area contributed by atoms with Gasteiger partial charge in [0, 0.05) is 17.5 Å². The van der Waals surface area contributed by atoms with Crippen molar-refractivity contribution in [3.8, 4) is 5.82 Å². The Morgan fingerprint density at radius 1 is 1.17 bits per heavy atom. The molecule has 4 aromatic rings. The van der Waals surface area contributed by atoms with Gasteiger partial charge in [0.15, 0.2) is 5.82 Å². The maximum absolute atomic E-state index is 5.84. The summed E-state index contributed by atoms with van der Waals surface area (Å²) in [4.78, 5) is 8.53. The van der Waals surface area contributed by atoms with Gasteiger partial charge in [0.1, 0.15) is 17.5 Å². The number of rotatable bonds is 3. The Bertz CT molecular complexity index is 1010. The molecule has 3 aromatic heterocycles. The maximum Gasteiger partial charge on any atom is 0.161 e. The van der Waals surface area contributed by atoms with Gasteiger partial charge in [0.2, 0.25) is 0 Å². The van der Waals surface area contributed by atoms with E-state index < -0.39 is 0 Å². The minimum absolute atomic E-state index is 0.411. The third kappa shape index (κ3) is 2.43. The SMILES string of the molecule is Cc1cc(Nc2cccc3[nH]ncc23)n(-c2cc(N)nc(C)n2)n1. The highest BCUT2D eigenvalue weighted by molar-refractivity contribution is 5.92. The third-order valence-corrected chi connectivity index (χ3v) is 3.64. The van der Waals surface area contributed by atoms with Crippen LogP contribution < -0.4 is 11.1 Å². The monoisotopic (exact) mass is 320 g/mol. The molecule has 0 amide bonds. The number of aromatic amines is 1. The van der Waals surface area contributed by atoms with E-state index in [1.807, 2.05) is 31.2 Å². The molecule has 4 rings (SSSR count). The normalized spacial score (nSPS) is 11.1. The number of aryl methyl sites for hydroxylation is 2. The number of hydrogen-bond acceptors (Lipinski definition) is 6. The maximum atomic E-state index is 5.84. The van der Waals surface area contributed by atoms with Gasteiger partial charge in [-0.05, 0) is 26.0 Å². The fraction of sp³-hybridized carbons (Fsp3) is 0.125. The minimum Gasteiger partial charge on any atom is -0.384 e. The molecule has 0 spiro atoms. The van der Waals surface area contributed by atoms with Crippen molar-refractivity contribution in [2.24, 2.45) is 0 Å². The van der Waals surface area contributed by atoms with Gasteiger partial charge in [-0.15, -0.1) is 0 Å². The summed E-state index contributed by atoms with van der Waals surface area (Å²) in [6.07, 6.45) is 1.79. The van der Waals surface area contributed by atoms with Crippen LogP contribution in [0.4, 0.5) is 17.3 Å². The molecule has 1 aromatic carbocycles. The molecule has 0 unspecified atom stereocenters. The van der Waals surface area contributed by atoms with Crippen molar-refractivity contribution >= 4 is 28.2 Å². The number of fused-ring (bicyclic) bond motifs is 1. The first-order valence-electron chi connectivity index (χ1n) is 7.47. The van der Waals surface area contributed by atoms with Crippen molar-refractivity contribution in [3.63, 3.8) is 0 Å². The zero-order valence-electron chi connectivity index (χ0n) is 13.3. The van der Waals surface area contributed by atoms with Crippen molar-refractivity contribution < 1.29 is 0 Å². The second-order valence-corrected chi connectivity index (χ2v) is 5.54. The average Bonchev–Trinajstić information content (AvgIpc) is 3.13. The summed E-state index contributed by atoms with van der Waals surface area (Å²) < 4.78 is 1.72. The number of nitrogens with one attached hydrogen (secondary N) is 2. The molecule has 0 bridgehead atoms. The number of aromatic nitrogens is 6. The zero-order valence-corrected chi connectivity index (χ0v) is 13.3. The quantitative estimate of drug-likeness (QED) is 0.535. The topological polar surface area (TPSA) is 110 Å². The highest BCUT2D eigenvalue weighted by Crippen LogP contribution is 2.26. The van der Waals surface area contributed by atoms with Crippen LogP contribution in [0.25, 0.3) is 16.7 Å². The molecule has 0 aliphatic rings. The Kier molecular flexibility index (Phi) is 3.16. The van der Waals surface area contributed by atoms with E-state index in [1.54, 1.807) is 23.9 Å². The highest BCUT2D eigenvalue weighted by Gasteiger charge is 2.12. The van der Waals surface area contributed by atoms with Gasteiger partial charge in [-0.2, -0.15) is 14.9 Å². The molecule has 0 aliphatic heterocycles. The lowest BCUT2D eigenvalue weighted by Crippen LogP contribution is -2.07. The first kappa shape index (κ1) is 14.2. The van der Waals surface area contributed by atoms with Gasteiger partial charge in [0.05, 0.1) is 23.1 Å². The number of anilines is 3.